The summed E-state index contributed by atoms with van der Waals surface area (Å²) in [6.45, 7) is 0.367. The van der Waals surface area contributed by atoms with Crippen molar-refractivity contribution in [2.24, 2.45) is 0 Å². The molecular weight excluding hydrogens is 152 g/mol. The van der Waals surface area contributed by atoms with Gasteiger partial charge in [-0.2, -0.15) is 0 Å². The molecule has 3 saturated heterocycles. The van der Waals surface area contributed by atoms with E-state index in [0.717, 1.165) is 0 Å². The minimum absolute atomic E-state index is 0.367. The van der Waals surface area contributed by atoms with Gasteiger partial charge in [0.1, 0.15) is 6.10 Å². The van der Waals surface area contributed by atoms with E-state index in [1.165, 1.54) is 7.11 Å². The summed E-state index contributed by atoms with van der Waals surface area (Å²) in [7, 11) is 1.50. The molecule has 5 nitrogen and oxygen atoms in total. The lowest BCUT2D eigenvalue weighted by Gasteiger charge is -2.43. The first kappa shape index (κ1) is 7.45. The van der Waals surface area contributed by atoms with Crippen LogP contribution in [0.1, 0.15) is 0 Å². The van der Waals surface area contributed by atoms with Gasteiger partial charge in [0.15, 0.2) is 6.29 Å². The van der Waals surface area contributed by atoms with Gasteiger partial charge >= 0.3 is 0 Å². The number of hydrogen-bond donors (Lipinski definition) is 1. The Kier molecular flexibility index (Phi) is 1.82. The number of ether oxygens (including phenoxy) is 4. The van der Waals surface area contributed by atoms with Crippen molar-refractivity contribution in [2.45, 2.75) is 25.0 Å². The number of hydrogen-bond acceptors (Lipinski definition) is 5. The molecule has 0 aromatic rings. The highest BCUT2D eigenvalue weighted by atomic mass is 16.8. The summed E-state index contributed by atoms with van der Waals surface area (Å²) < 4.78 is 20.2. The van der Waals surface area contributed by atoms with Gasteiger partial charge in [-0.25, -0.2) is 0 Å². The van der Waals surface area contributed by atoms with Crippen LogP contribution in [0.4, 0.5) is 0 Å². The highest BCUT2D eigenvalue weighted by Gasteiger charge is 2.44. The van der Waals surface area contributed by atoms with E-state index < -0.39 is 25.0 Å². The normalized spacial score (nSPS) is 49.6. The predicted octanol–water partition coefficient (Wildman–Crippen LogP) is -0.951. The molecule has 1 N–H and O–H groups in total. The first-order valence-corrected chi connectivity index (χ1v) is 3.44. The van der Waals surface area contributed by atoms with E-state index in [0.29, 0.717) is 6.61 Å². The van der Waals surface area contributed by atoms with Crippen LogP contribution < -0.4 is 0 Å². The lowest BCUT2D eigenvalue weighted by atomic mass is 10.3. The third-order valence-electron chi connectivity index (χ3n) is 1.78. The predicted molar refractivity (Wildman–Crippen MR) is 32.5 cm³/mol. The number of aliphatic hydroxyl groups excluding tert-OH is 1. The van der Waals surface area contributed by atoms with E-state index in [2.05, 4.69) is 0 Å². The average Bonchev–Trinajstić information content (AvgIpc) is 2.05. The molecular formula is C6H10O5. The number of rotatable bonds is 1. The fourth-order valence-corrected chi connectivity index (χ4v) is 1.19. The molecule has 0 aromatic carbocycles. The average molecular weight is 162 g/mol. The van der Waals surface area contributed by atoms with Crippen LogP contribution in [0.25, 0.3) is 0 Å². The van der Waals surface area contributed by atoms with E-state index in [9.17, 15) is 0 Å². The molecule has 0 amide bonds. The van der Waals surface area contributed by atoms with Gasteiger partial charge in [0, 0.05) is 7.11 Å². The van der Waals surface area contributed by atoms with E-state index in [1.54, 1.807) is 0 Å². The molecule has 0 saturated carbocycles. The maximum Gasteiger partial charge on any atom is 0.212 e. The Balaban J connectivity index is 2.04. The first-order chi connectivity index (χ1) is 5.31. The van der Waals surface area contributed by atoms with Gasteiger partial charge in [-0.05, 0) is 0 Å². The molecule has 3 rings (SSSR count). The zero-order valence-electron chi connectivity index (χ0n) is 6.10. The van der Waals surface area contributed by atoms with Crippen molar-refractivity contribution in [1.29, 1.82) is 0 Å². The van der Waals surface area contributed by atoms with Gasteiger partial charge in [0.2, 0.25) is 12.6 Å². The van der Waals surface area contributed by atoms with Crippen LogP contribution in [0, 0.1) is 0 Å². The second-order valence-corrected chi connectivity index (χ2v) is 2.51. The minimum atomic E-state index is -0.875. The smallest absolute Gasteiger partial charge is 0.212 e. The SMILES string of the molecule is CO[C@H]1O[C@H]2CO[C@@H]1OC2O. The molecule has 64 valence electrons. The van der Waals surface area contributed by atoms with Gasteiger partial charge < -0.3 is 24.1 Å². The summed E-state index contributed by atoms with van der Waals surface area (Å²) in [5.41, 5.74) is 0. The molecule has 3 heterocycles. The zero-order chi connectivity index (χ0) is 7.84. The van der Waals surface area contributed by atoms with Crippen molar-refractivity contribution in [3.8, 4) is 0 Å². The molecule has 3 aliphatic heterocycles. The zero-order valence-corrected chi connectivity index (χ0v) is 6.10. The highest BCUT2D eigenvalue weighted by molar-refractivity contribution is 4.75. The van der Waals surface area contributed by atoms with E-state index in [1.807, 2.05) is 0 Å². The van der Waals surface area contributed by atoms with Crippen molar-refractivity contribution >= 4 is 0 Å². The molecule has 3 fully saturated rings. The lowest BCUT2D eigenvalue weighted by Crippen LogP contribution is -2.58. The summed E-state index contributed by atoms with van der Waals surface area (Å²) in [6.07, 6.45) is -2.37. The Morgan fingerprint density at radius 1 is 1.45 bits per heavy atom. The third kappa shape index (κ3) is 1.15. The highest BCUT2D eigenvalue weighted by Crippen LogP contribution is 2.26. The van der Waals surface area contributed by atoms with Crippen LogP contribution in [0.5, 0.6) is 0 Å². The van der Waals surface area contributed by atoms with E-state index >= 15 is 0 Å². The summed E-state index contributed by atoms with van der Waals surface area (Å²) in [5.74, 6) is 0. The summed E-state index contributed by atoms with van der Waals surface area (Å²) in [5, 5.41) is 9.13. The number of aliphatic hydroxyl groups is 1. The summed E-state index contributed by atoms with van der Waals surface area (Å²) in [6, 6.07) is 0. The second kappa shape index (κ2) is 2.69. The Morgan fingerprint density at radius 3 is 2.73 bits per heavy atom. The molecule has 1 unspecified atom stereocenters. The quantitative estimate of drug-likeness (QED) is 0.538. The Hall–Kier alpha value is -0.200. The Labute approximate surface area is 63.8 Å². The van der Waals surface area contributed by atoms with Gasteiger partial charge in [-0.1, -0.05) is 0 Å². The van der Waals surface area contributed by atoms with Crippen LogP contribution in [0.2, 0.25) is 0 Å². The van der Waals surface area contributed by atoms with Crippen molar-refractivity contribution in [2.75, 3.05) is 13.7 Å². The molecule has 2 bridgehead atoms. The topological polar surface area (TPSA) is 57.2 Å². The number of fused-ring (bicyclic) bond motifs is 3. The van der Waals surface area contributed by atoms with Crippen LogP contribution in [-0.4, -0.2) is 43.8 Å². The number of methoxy groups -OCH3 is 1. The molecule has 0 aromatic heterocycles. The van der Waals surface area contributed by atoms with Crippen LogP contribution in [-0.2, 0) is 18.9 Å². The molecule has 0 aliphatic carbocycles. The van der Waals surface area contributed by atoms with E-state index in [4.69, 9.17) is 24.1 Å². The molecule has 3 aliphatic rings. The van der Waals surface area contributed by atoms with Crippen molar-refractivity contribution in [1.82, 2.24) is 0 Å². The van der Waals surface area contributed by atoms with Crippen LogP contribution in [0.15, 0.2) is 0 Å². The first-order valence-electron chi connectivity index (χ1n) is 3.44. The van der Waals surface area contributed by atoms with Crippen LogP contribution in [0.3, 0.4) is 0 Å². The Bertz CT molecular complexity index is 150. The van der Waals surface area contributed by atoms with Crippen molar-refractivity contribution in [3.05, 3.63) is 0 Å². The minimum Gasteiger partial charge on any atom is -0.366 e. The molecule has 0 radical (unpaired) electrons. The summed E-state index contributed by atoms with van der Waals surface area (Å²) >= 11 is 0. The standard InChI is InChI=1S/C6H10O5/c1-8-5-6-9-2-3(10-5)4(7)11-6/h3-7H,2H2,1H3/t3-,4?,5-,6+/m0/s1. The fraction of sp³-hybridized carbons (Fsp3) is 1.00. The van der Waals surface area contributed by atoms with Crippen molar-refractivity contribution in [3.63, 3.8) is 0 Å². The molecule has 11 heavy (non-hydrogen) atoms. The third-order valence-corrected chi connectivity index (χ3v) is 1.78. The lowest BCUT2D eigenvalue weighted by molar-refractivity contribution is -0.435. The second-order valence-electron chi connectivity index (χ2n) is 2.51. The summed E-state index contributed by atoms with van der Waals surface area (Å²) in [4.78, 5) is 0. The van der Waals surface area contributed by atoms with E-state index in [-0.39, 0.29) is 0 Å². The van der Waals surface area contributed by atoms with Crippen LogP contribution >= 0.6 is 0 Å². The van der Waals surface area contributed by atoms with Gasteiger partial charge in [0.25, 0.3) is 0 Å². The maximum atomic E-state index is 9.13. The molecule has 0 spiro atoms. The fourth-order valence-electron chi connectivity index (χ4n) is 1.19. The van der Waals surface area contributed by atoms with Gasteiger partial charge in [-0.15, -0.1) is 0 Å². The Morgan fingerprint density at radius 2 is 2.27 bits per heavy atom. The largest absolute Gasteiger partial charge is 0.366 e. The van der Waals surface area contributed by atoms with Crippen molar-refractivity contribution < 1.29 is 24.1 Å². The maximum absolute atomic E-state index is 9.13. The molecule has 5 heteroatoms. The monoisotopic (exact) mass is 162 g/mol. The van der Waals surface area contributed by atoms with Gasteiger partial charge in [0.05, 0.1) is 6.61 Å². The molecule has 4 atom stereocenters. The van der Waals surface area contributed by atoms with Gasteiger partial charge in [-0.3, -0.25) is 0 Å².